The number of fused-ring (bicyclic) bond motifs is 5. The molecule has 0 bridgehead atoms. The summed E-state index contributed by atoms with van der Waals surface area (Å²) in [7, 11) is 0. The van der Waals surface area contributed by atoms with Crippen molar-refractivity contribution >= 4 is 5.78 Å². The Kier molecular flexibility index (Phi) is 5.99. The minimum atomic E-state index is -0.172. The lowest BCUT2D eigenvalue weighted by molar-refractivity contribution is -0.160. The summed E-state index contributed by atoms with van der Waals surface area (Å²) in [5, 5.41) is 10.2. The minimum Gasteiger partial charge on any atom is -0.393 e. The van der Waals surface area contributed by atoms with Gasteiger partial charge < -0.3 is 5.11 Å². The van der Waals surface area contributed by atoms with E-state index in [-0.39, 0.29) is 6.10 Å². The van der Waals surface area contributed by atoms with Crippen molar-refractivity contribution in [2.24, 2.45) is 52.3 Å². The zero-order valence-corrected chi connectivity index (χ0v) is 19.8. The first-order valence-electron chi connectivity index (χ1n) is 12.9. The molecule has 4 fully saturated rings. The summed E-state index contributed by atoms with van der Waals surface area (Å²) < 4.78 is 0. The van der Waals surface area contributed by atoms with Gasteiger partial charge in [-0.1, -0.05) is 53.9 Å². The molecule has 2 nitrogen and oxygen atoms in total. The van der Waals surface area contributed by atoms with E-state index in [0.717, 1.165) is 43.4 Å². The number of hydrogen-bond acceptors (Lipinski definition) is 2. The van der Waals surface area contributed by atoms with Gasteiger partial charge in [0, 0.05) is 12.3 Å². The fraction of sp³-hybridized carbons (Fsp3) is 0.963. The first-order chi connectivity index (χ1) is 13.7. The standard InChI is InChI=1S/C27H46O2/c1-17(2)7-6-8-18(3)21-9-10-22-25-23(12-14-27(21,22)5)26(4)13-11-20(28)15-19(26)16-24(25)29/h17-23,25,28H,6-16H2,1-5H3/t18-,19?,20+,21-,22?,23?,25?,26+,27-/m1/s1. The highest BCUT2D eigenvalue weighted by molar-refractivity contribution is 5.83. The summed E-state index contributed by atoms with van der Waals surface area (Å²) in [5.41, 5.74) is 0.672. The molecule has 166 valence electrons. The van der Waals surface area contributed by atoms with Crippen molar-refractivity contribution in [3.8, 4) is 0 Å². The van der Waals surface area contributed by atoms with Gasteiger partial charge in [-0.3, -0.25) is 4.79 Å². The second kappa shape index (κ2) is 7.95. The number of Topliss-reactive ketones (excluding diaryl/α,β-unsaturated/α-hetero) is 1. The molecule has 4 aliphatic carbocycles. The summed E-state index contributed by atoms with van der Waals surface area (Å²) in [6.07, 6.45) is 12.8. The average molecular weight is 403 g/mol. The number of ketones is 1. The van der Waals surface area contributed by atoms with Crippen LogP contribution in [0.15, 0.2) is 0 Å². The SMILES string of the molecule is CC(C)CCC[C@@H](C)[C@H]1CCC2C3C(=O)CC4C[C@@H](O)CC[C@]4(C)C3CC[C@@]21C. The Bertz CT molecular complexity index is 612. The molecule has 29 heavy (non-hydrogen) atoms. The molecule has 0 spiro atoms. The van der Waals surface area contributed by atoms with Crippen LogP contribution in [-0.4, -0.2) is 17.0 Å². The van der Waals surface area contributed by atoms with Crippen LogP contribution in [0.3, 0.4) is 0 Å². The van der Waals surface area contributed by atoms with E-state index in [0.29, 0.717) is 40.3 Å². The van der Waals surface area contributed by atoms with Crippen molar-refractivity contribution in [2.45, 2.75) is 111 Å². The molecule has 0 aromatic carbocycles. The maximum Gasteiger partial charge on any atom is 0.136 e. The summed E-state index contributed by atoms with van der Waals surface area (Å²) in [4.78, 5) is 13.5. The topological polar surface area (TPSA) is 37.3 Å². The van der Waals surface area contributed by atoms with Crippen LogP contribution in [0.25, 0.3) is 0 Å². The van der Waals surface area contributed by atoms with Crippen LogP contribution < -0.4 is 0 Å². The Labute approximate surface area is 179 Å². The first kappa shape index (κ1) is 21.8. The van der Waals surface area contributed by atoms with Crippen LogP contribution in [-0.2, 0) is 4.79 Å². The van der Waals surface area contributed by atoms with E-state index in [1.54, 1.807) is 0 Å². The number of rotatable bonds is 5. The summed E-state index contributed by atoms with van der Waals surface area (Å²) >= 11 is 0. The van der Waals surface area contributed by atoms with Gasteiger partial charge in [-0.2, -0.15) is 0 Å². The van der Waals surface area contributed by atoms with Gasteiger partial charge >= 0.3 is 0 Å². The van der Waals surface area contributed by atoms with Crippen LogP contribution in [0.2, 0.25) is 0 Å². The fourth-order valence-corrected chi connectivity index (χ4v) is 8.93. The van der Waals surface area contributed by atoms with E-state index >= 15 is 0 Å². The monoisotopic (exact) mass is 402 g/mol. The molecular formula is C27H46O2. The van der Waals surface area contributed by atoms with E-state index in [2.05, 4.69) is 34.6 Å². The number of carbonyl (C=O) groups excluding carboxylic acids is 1. The molecule has 4 rings (SSSR count). The van der Waals surface area contributed by atoms with E-state index in [1.807, 2.05) is 0 Å². The molecule has 4 saturated carbocycles. The molecule has 0 amide bonds. The second-order valence-electron chi connectivity index (χ2n) is 12.6. The van der Waals surface area contributed by atoms with Gasteiger partial charge in [0.25, 0.3) is 0 Å². The molecule has 2 heteroatoms. The summed E-state index contributed by atoms with van der Waals surface area (Å²) in [6.45, 7) is 12.2. The first-order valence-corrected chi connectivity index (χ1v) is 12.9. The van der Waals surface area contributed by atoms with E-state index in [1.165, 1.54) is 44.9 Å². The molecule has 0 radical (unpaired) electrons. The molecule has 0 heterocycles. The third kappa shape index (κ3) is 3.64. The van der Waals surface area contributed by atoms with Crippen LogP contribution in [0.5, 0.6) is 0 Å². The van der Waals surface area contributed by atoms with Crippen LogP contribution in [0.1, 0.15) is 105 Å². The molecule has 0 aromatic heterocycles. The van der Waals surface area contributed by atoms with Crippen molar-refractivity contribution in [3.05, 3.63) is 0 Å². The molecular weight excluding hydrogens is 356 g/mol. The van der Waals surface area contributed by atoms with Crippen molar-refractivity contribution < 1.29 is 9.90 Å². The van der Waals surface area contributed by atoms with Gasteiger partial charge in [0.05, 0.1) is 6.10 Å². The second-order valence-corrected chi connectivity index (χ2v) is 12.6. The Balaban J connectivity index is 1.51. The van der Waals surface area contributed by atoms with Crippen molar-refractivity contribution in [2.75, 3.05) is 0 Å². The molecule has 0 aliphatic heterocycles. The highest BCUT2D eigenvalue weighted by atomic mass is 16.3. The minimum absolute atomic E-state index is 0.172. The lowest BCUT2D eigenvalue weighted by atomic mass is 9.44. The third-order valence-corrected chi connectivity index (χ3v) is 10.6. The van der Waals surface area contributed by atoms with Gasteiger partial charge in [-0.25, -0.2) is 0 Å². The maximum atomic E-state index is 13.5. The van der Waals surface area contributed by atoms with Gasteiger partial charge in [0.1, 0.15) is 5.78 Å². The third-order valence-electron chi connectivity index (χ3n) is 10.6. The molecule has 1 N–H and O–H groups in total. The van der Waals surface area contributed by atoms with E-state index in [9.17, 15) is 9.90 Å². The average Bonchev–Trinajstić information content (AvgIpc) is 3.00. The Morgan fingerprint density at radius 2 is 1.66 bits per heavy atom. The molecule has 4 aliphatic rings. The van der Waals surface area contributed by atoms with Crippen molar-refractivity contribution in [3.63, 3.8) is 0 Å². The molecule has 4 unspecified atom stereocenters. The Morgan fingerprint density at radius 3 is 2.38 bits per heavy atom. The van der Waals surface area contributed by atoms with Crippen molar-refractivity contribution in [1.29, 1.82) is 0 Å². The number of aliphatic hydroxyl groups is 1. The molecule has 0 aromatic rings. The fourth-order valence-electron chi connectivity index (χ4n) is 8.93. The van der Waals surface area contributed by atoms with Gasteiger partial charge in [-0.05, 0) is 91.3 Å². The summed E-state index contributed by atoms with van der Waals surface area (Å²) in [6, 6.07) is 0. The molecule has 9 atom stereocenters. The maximum absolute atomic E-state index is 13.5. The molecule has 0 saturated heterocycles. The number of aliphatic hydroxyl groups excluding tert-OH is 1. The van der Waals surface area contributed by atoms with Gasteiger partial charge in [0.15, 0.2) is 0 Å². The predicted molar refractivity (Wildman–Crippen MR) is 119 cm³/mol. The van der Waals surface area contributed by atoms with E-state index in [4.69, 9.17) is 0 Å². The largest absolute Gasteiger partial charge is 0.393 e. The van der Waals surface area contributed by atoms with Gasteiger partial charge in [0.2, 0.25) is 0 Å². The van der Waals surface area contributed by atoms with Crippen LogP contribution >= 0.6 is 0 Å². The normalized spacial score (nSPS) is 48.2. The summed E-state index contributed by atoms with van der Waals surface area (Å²) in [5.74, 6) is 4.93. The number of hydrogen-bond donors (Lipinski definition) is 1. The quantitative estimate of drug-likeness (QED) is 0.559. The smallest absolute Gasteiger partial charge is 0.136 e. The Morgan fingerprint density at radius 1 is 0.966 bits per heavy atom. The highest BCUT2D eigenvalue weighted by Crippen LogP contribution is 2.67. The zero-order chi connectivity index (χ0) is 21.0. The van der Waals surface area contributed by atoms with Crippen molar-refractivity contribution in [1.82, 2.24) is 0 Å². The van der Waals surface area contributed by atoms with Crippen LogP contribution in [0.4, 0.5) is 0 Å². The number of carbonyl (C=O) groups is 1. The van der Waals surface area contributed by atoms with Crippen LogP contribution in [0, 0.1) is 52.3 Å². The predicted octanol–water partition coefficient (Wildman–Crippen LogP) is 6.65. The zero-order valence-electron chi connectivity index (χ0n) is 19.8. The van der Waals surface area contributed by atoms with Gasteiger partial charge in [-0.15, -0.1) is 0 Å². The van der Waals surface area contributed by atoms with E-state index < -0.39 is 0 Å². The Hall–Kier alpha value is -0.370. The highest BCUT2D eigenvalue weighted by Gasteiger charge is 2.62. The lowest BCUT2D eigenvalue weighted by Crippen LogP contribution is -2.57. The lowest BCUT2D eigenvalue weighted by Gasteiger charge is -2.60.